The molecule has 0 bridgehead atoms. The Hall–Kier alpha value is -1.44. The Morgan fingerprint density at radius 1 is 1.22 bits per heavy atom. The molecule has 0 saturated heterocycles. The minimum absolute atomic E-state index is 0.0782. The number of carbonyl (C=O) groups is 1. The summed E-state index contributed by atoms with van der Waals surface area (Å²) in [6.07, 6.45) is 5.02. The molecule has 1 amide bonds. The minimum Gasteiger partial charge on any atom is -0.353 e. The molecule has 1 saturated carbocycles. The van der Waals surface area contributed by atoms with Crippen LogP contribution in [0, 0.1) is 19.8 Å². The van der Waals surface area contributed by atoms with E-state index in [1.165, 1.54) is 35.1 Å². The molecule has 0 aromatic heterocycles. The van der Waals surface area contributed by atoms with Gasteiger partial charge in [0, 0.05) is 33.1 Å². The SMILES string of the molecule is Cc1ccc(CCC(=O)N[C@H]2CCC[C@@H](CNS(=O)(=O)N(C)C)C2)c(C)c1. The van der Waals surface area contributed by atoms with Gasteiger partial charge in [0.15, 0.2) is 0 Å². The van der Waals surface area contributed by atoms with Gasteiger partial charge in [0.05, 0.1) is 0 Å². The first-order chi connectivity index (χ1) is 12.7. The highest BCUT2D eigenvalue weighted by Crippen LogP contribution is 2.24. The Morgan fingerprint density at radius 3 is 2.63 bits per heavy atom. The smallest absolute Gasteiger partial charge is 0.278 e. The molecule has 152 valence electrons. The van der Waals surface area contributed by atoms with Crippen LogP contribution in [0.2, 0.25) is 0 Å². The number of nitrogens with one attached hydrogen (secondary N) is 2. The molecule has 6 nitrogen and oxygen atoms in total. The average molecular weight is 396 g/mol. The first-order valence-corrected chi connectivity index (χ1v) is 11.1. The number of aryl methyl sites for hydroxylation is 3. The van der Waals surface area contributed by atoms with Gasteiger partial charge >= 0.3 is 0 Å². The van der Waals surface area contributed by atoms with Crippen molar-refractivity contribution in [3.05, 3.63) is 34.9 Å². The van der Waals surface area contributed by atoms with Crippen LogP contribution >= 0.6 is 0 Å². The van der Waals surface area contributed by atoms with Crippen molar-refractivity contribution in [3.8, 4) is 0 Å². The molecule has 1 aromatic rings. The average Bonchev–Trinajstić information content (AvgIpc) is 2.59. The molecule has 0 spiro atoms. The summed E-state index contributed by atoms with van der Waals surface area (Å²) in [6.45, 7) is 4.58. The zero-order valence-electron chi connectivity index (χ0n) is 16.9. The Morgan fingerprint density at radius 2 is 1.96 bits per heavy atom. The zero-order valence-corrected chi connectivity index (χ0v) is 17.7. The highest BCUT2D eigenvalue weighted by atomic mass is 32.2. The van der Waals surface area contributed by atoms with Crippen LogP contribution in [0.5, 0.6) is 0 Å². The second-order valence-corrected chi connectivity index (χ2v) is 9.83. The quantitative estimate of drug-likeness (QED) is 0.709. The van der Waals surface area contributed by atoms with Gasteiger partial charge < -0.3 is 5.32 Å². The third-order valence-corrected chi connectivity index (χ3v) is 6.80. The summed E-state index contributed by atoms with van der Waals surface area (Å²) in [5, 5.41) is 3.14. The monoisotopic (exact) mass is 395 g/mol. The fourth-order valence-electron chi connectivity index (χ4n) is 3.63. The maximum atomic E-state index is 12.3. The maximum absolute atomic E-state index is 12.3. The minimum atomic E-state index is -3.39. The van der Waals surface area contributed by atoms with Crippen LogP contribution in [-0.2, 0) is 21.4 Å². The molecule has 0 radical (unpaired) electrons. The Balaban J connectivity index is 1.78. The highest BCUT2D eigenvalue weighted by molar-refractivity contribution is 7.87. The van der Waals surface area contributed by atoms with Crippen LogP contribution in [0.3, 0.4) is 0 Å². The van der Waals surface area contributed by atoms with Gasteiger partial charge in [0.25, 0.3) is 10.2 Å². The molecule has 1 fully saturated rings. The predicted molar refractivity (Wildman–Crippen MR) is 109 cm³/mol. The van der Waals surface area contributed by atoms with Gasteiger partial charge in [-0.2, -0.15) is 12.7 Å². The molecule has 7 heteroatoms. The molecule has 2 rings (SSSR count). The van der Waals surface area contributed by atoms with Crippen molar-refractivity contribution in [2.75, 3.05) is 20.6 Å². The van der Waals surface area contributed by atoms with E-state index in [1.807, 2.05) is 0 Å². The van der Waals surface area contributed by atoms with Gasteiger partial charge in [-0.25, -0.2) is 4.72 Å². The van der Waals surface area contributed by atoms with Crippen molar-refractivity contribution in [1.82, 2.24) is 14.3 Å². The van der Waals surface area contributed by atoms with E-state index in [2.05, 4.69) is 42.1 Å². The van der Waals surface area contributed by atoms with Gasteiger partial charge in [0.1, 0.15) is 0 Å². The van der Waals surface area contributed by atoms with Crippen LogP contribution < -0.4 is 10.0 Å². The first-order valence-electron chi connectivity index (χ1n) is 9.70. The molecule has 1 aliphatic rings. The van der Waals surface area contributed by atoms with Gasteiger partial charge in [-0.3, -0.25) is 4.79 Å². The van der Waals surface area contributed by atoms with Gasteiger partial charge in [-0.05, 0) is 56.6 Å². The van der Waals surface area contributed by atoms with E-state index < -0.39 is 10.2 Å². The van der Waals surface area contributed by atoms with E-state index in [-0.39, 0.29) is 17.9 Å². The maximum Gasteiger partial charge on any atom is 0.278 e. The summed E-state index contributed by atoms with van der Waals surface area (Å²) < 4.78 is 27.5. The fraction of sp³-hybridized carbons (Fsp3) is 0.650. The topological polar surface area (TPSA) is 78.5 Å². The number of amides is 1. The number of hydrogen-bond acceptors (Lipinski definition) is 3. The van der Waals surface area contributed by atoms with Crippen molar-refractivity contribution in [3.63, 3.8) is 0 Å². The van der Waals surface area contributed by atoms with Crippen molar-refractivity contribution < 1.29 is 13.2 Å². The van der Waals surface area contributed by atoms with Crippen LogP contribution in [0.1, 0.15) is 48.8 Å². The number of rotatable bonds is 8. The van der Waals surface area contributed by atoms with E-state index in [9.17, 15) is 13.2 Å². The number of hydrogen-bond donors (Lipinski definition) is 2. The molecule has 1 aliphatic carbocycles. The van der Waals surface area contributed by atoms with Crippen molar-refractivity contribution in [2.24, 2.45) is 5.92 Å². The Labute approximate surface area is 163 Å². The fourth-order valence-corrected chi connectivity index (χ4v) is 4.34. The van der Waals surface area contributed by atoms with Crippen LogP contribution in [0.4, 0.5) is 0 Å². The van der Waals surface area contributed by atoms with E-state index in [0.29, 0.717) is 13.0 Å². The predicted octanol–water partition coefficient (Wildman–Crippen LogP) is 2.31. The molecule has 0 aliphatic heterocycles. The van der Waals surface area contributed by atoms with Crippen LogP contribution in [0.25, 0.3) is 0 Å². The second-order valence-electron chi connectivity index (χ2n) is 7.86. The normalized spacial score (nSPS) is 20.6. The summed E-state index contributed by atoms with van der Waals surface area (Å²) in [5.74, 6) is 0.340. The second kappa shape index (κ2) is 9.66. The summed E-state index contributed by atoms with van der Waals surface area (Å²) in [5.41, 5.74) is 3.68. The molecule has 27 heavy (non-hydrogen) atoms. The first kappa shape index (κ1) is 21.9. The molecule has 2 N–H and O–H groups in total. The van der Waals surface area contributed by atoms with Crippen molar-refractivity contribution in [1.29, 1.82) is 0 Å². The zero-order chi connectivity index (χ0) is 20.0. The molecule has 1 aromatic carbocycles. The molecule has 0 unspecified atom stereocenters. The summed E-state index contributed by atoms with van der Waals surface area (Å²) >= 11 is 0. The molecular weight excluding hydrogens is 362 g/mol. The highest BCUT2D eigenvalue weighted by Gasteiger charge is 2.25. The number of carbonyl (C=O) groups excluding carboxylic acids is 1. The van der Waals surface area contributed by atoms with E-state index >= 15 is 0 Å². The standard InChI is InChI=1S/C20H33N3O3S/c1-15-8-9-18(16(2)12-15)10-11-20(24)22-19-7-5-6-17(13-19)14-21-27(25,26)23(3)4/h8-9,12,17,19,21H,5-7,10-11,13-14H2,1-4H3,(H,22,24)/t17-,19+/m1/s1. The van der Waals surface area contributed by atoms with Crippen LogP contribution in [-0.4, -0.2) is 45.3 Å². The number of benzene rings is 1. The third kappa shape index (κ3) is 6.90. The molecule has 2 atom stereocenters. The van der Waals surface area contributed by atoms with Gasteiger partial charge in [0.2, 0.25) is 5.91 Å². The van der Waals surface area contributed by atoms with Gasteiger partial charge in [-0.15, -0.1) is 0 Å². The lowest BCUT2D eigenvalue weighted by atomic mass is 9.85. The third-order valence-electron chi connectivity index (χ3n) is 5.30. The lowest BCUT2D eigenvalue weighted by Crippen LogP contribution is -2.43. The summed E-state index contributed by atoms with van der Waals surface area (Å²) in [6, 6.07) is 6.47. The lowest BCUT2D eigenvalue weighted by Gasteiger charge is -2.30. The van der Waals surface area contributed by atoms with Crippen LogP contribution in [0.15, 0.2) is 18.2 Å². The van der Waals surface area contributed by atoms with E-state index in [0.717, 1.165) is 32.1 Å². The van der Waals surface area contributed by atoms with E-state index in [4.69, 9.17) is 0 Å². The van der Waals surface area contributed by atoms with Gasteiger partial charge in [-0.1, -0.05) is 30.2 Å². The number of nitrogens with zero attached hydrogens (tertiary/aromatic N) is 1. The summed E-state index contributed by atoms with van der Waals surface area (Å²) in [4.78, 5) is 12.3. The van der Waals surface area contributed by atoms with E-state index in [1.54, 1.807) is 0 Å². The Kier molecular flexibility index (Phi) is 7.82. The lowest BCUT2D eigenvalue weighted by molar-refractivity contribution is -0.122. The molecular formula is C20H33N3O3S. The Bertz CT molecular complexity index is 747. The van der Waals surface area contributed by atoms with Crippen molar-refractivity contribution >= 4 is 16.1 Å². The largest absolute Gasteiger partial charge is 0.353 e. The summed E-state index contributed by atoms with van der Waals surface area (Å²) in [7, 11) is -0.357. The van der Waals surface area contributed by atoms with Crippen molar-refractivity contribution in [2.45, 2.75) is 58.4 Å². The molecule has 0 heterocycles.